The third-order valence-electron chi connectivity index (χ3n) is 2.26. The number of benzene rings is 2. The van der Waals surface area contributed by atoms with Crippen molar-refractivity contribution in [3.8, 4) is 5.75 Å². The molecule has 0 saturated carbocycles. The van der Waals surface area contributed by atoms with Crippen LogP contribution in [0.1, 0.15) is 5.56 Å². The number of ether oxygens (including phenoxy) is 1. The van der Waals surface area contributed by atoms with Crippen LogP contribution in [0.3, 0.4) is 0 Å². The van der Waals surface area contributed by atoms with Crippen LogP contribution in [0.2, 0.25) is 10.0 Å². The lowest BCUT2D eigenvalue weighted by molar-refractivity contribution is 0.304. The van der Waals surface area contributed by atoms with E-state index in [-0.39, 0.29) is 12.4 Å². The average Bonchev–Trinajstić information content (AvgIpc) is 2.30. The number of hydrogen-bond donors (Lipinski definition) is 0. The topological polar surface area (TPSA) is 9.23 Å². The fourth-order valence-electron chi connectivity index (χ4n) is 1.43. The van der Waals surface area contributed by atoms with E-state index in [1.165, 1.54) is 12.1 Å². The lowest BCUT2D eigenvalue weighted by Crippen LogP contribution is -1.97. The number of rotatable bonds is 3. The number of halogens is 4. The monoisotopic (exact) mass is 348 g/mol. The standard InChI is InChI=1S/C13H8BrCl2FO/c14-9-4-10(17)6-11(5-9)18-7-8-2-1-3-12(15)13(8)16/h1-6H,7H2. The maximum atomic E-state index is 13.1. The van der Waals surface area contributed by atoms with Crippen LogP contribution >= 0.6 is 39.1 Å². The van der Waals surface area contributed by atoms with Crippen LogP contribution in [0.25, 0.3) is 0 Å². The van der Waals surface area contributed by atoms with Gasteiger partial charge in [0.25, 0.3) is 0 Å². The van der Waals surface area contributed by atoms with Crippen LogP contribution in [0.15, 0.2) is 40.9 Å². The zero-order valence-corrected chi connectivity index (χ0v) is 12.2. The molecule has 0 aliphatic rings. The van der Waals surface area contributed by atoms with Crippen molar-refractivity contribution >= 4 is 39.1 Å². The molecule has 94 valence electrons. The van der Waals surface area contributed by atoms with Gasteiger partial charge in [-0.15, -0.1) is 0 Å². The van der Waals surface area contributed by atoms with Gasteiger partial charge in [-0.25, -0.2) is 4.39 Å². The highest BCUT2D eigenvalue weighted by molar-refractivity contribution is 9.10. The largest absolute Gasteiger partial charge is 0.489 e. The van der Waals surface area contributed by atoms with Crippen molar-refractivity contribution in [1.29, 1.82) is 0 Å². The summed E-state index contributed by atoms with van der Waals surface area (Å²) < 4.78 is 19.2. The maximum absolute atomic E-state index is 13.1. The van der Waals surface area contributed by atoms with Gasteiger partial charge in [-0.05, 0) is 18.2 Å². The number of hydrogen-bond acceptors (Lipinski definition) is 1. The first-order chi connectivity index (χ1) is 8.56. The van der Waals surface area contributed by atoms with Gasteiger partial charge in [-0.2, -0.15) is 0 Å². The minimum atomic E-state index is -0.364. The van der Waals surface area contributed by atoms with E-state index in [9.17, 15) is 4.39 Å². The molecule has 0 amide bonds. The third kappa shape index (κ3) is 3.37. The second kappa shape index (κ2) is 5.91. The molecule has 0 unspecified atom stereocenters. The Labute approximate surface area is 123 Å². The Morgan fingerprint density at radius 3 is 2.67 bits per heavy atom. The molecule has 1 nitrogen and oxygen atoms in total. The molecule has 0 saturated heterocycles. The van der Waals surface area contributed by atoms with E-state index in [4.69, 9.17) is 27.9 Å². The zero-order valence-electron chi connectivity index (χ0n) is 9.09. The first-order valence-electron chi connectivity index (χ1n) is 5.08. The highest BCUT2D eigenvalue weighted by Crippen LogP contribution is 2.27. The molecule has 0 aliphatic heterocycles. The zero-order chi connectivity index (χ0) is 13.1. The normalized spacial score (nSPS) is 10.4. The summed E-state index contributed by atoms with van der Waals surface area (Å²) >= 11 is 15.1. The quantitative estimate of drug-likeness (QED) is 0.713. The molecule has 2 aromatic carbocycles. The van der Waals surface area contributed by atoms with Crippen LogP contribution < -0.4 is 4.74 Å². The summed E-state index contributed by atoms with van der Waals surface area (Å²) in [6.45, 7) is 0.231. The van der Waals surface area contributed by atoms with Gasteiger partial charge in [0, 0.05) is 16.1 Å². The Balaban J connectivity index is 2.14. The van der Waals surface area contributed by atoms with Gasteiger partial charge in [0.1, 0.15) is 18.2 Å². The minimum Gasteiger partial charge on any atom is -0.489 e. The van der Waals surface area contributed by atoms with E-state index in [1.54, 1.807) is 18.2 Å². The molecule has 0 fully saturated rings. The van der Waals surface area contributed by atoms with Crippen molar-refractivity contribution in [2.24, 2.45) is 0 Å². The molecule has 2 rings (SSSR count). The van der Waals surface area contributed by atoms with E-state index < -0.39 is 0 Å². The Bertz CT molecular complexity index is 555. The van der Waals surface area contributed by atoms with Gasteiger partial charge < -0.3 is 4.74 Å². The van der Waals surface area contributed by atoms with E-state index >= 15 is 0 Å². The molecule has 0 aliphatic carbocycles. The first kappa shape index (κ1) is 13.7. The first-order valence-corrected chi connectivity index (χ1v) is 6.63. The molecular formula is C13H8BrCl2FO. The van der Waals surface area contributed by atoms with Gasteiger partial charge in [-0.1, -0.05) is 51.3 Å². The molecule has 0 heterocycles. The summed E-state index contributed by atoms with van der Waals surface area (Å²) in [4.78, 5) is 0. The summed E-state index contributed by atoms with van der Waals surface area (Å²) in [5.41, 5.74) is 0.754. The molecule has 0 bridgehead atoms. The van der Waals surface area contributed by atoms with Crippen LogP contribution in [0.4, 0.5) is 4.39 Å². The van der Waals surface area contributed by atoms with Crippen molar-refractivity contribution in [2.75, 3.05) is 0 Å². The highest BCUT2D eigenvalue weighted by Gasteiger charge is 2.06. The summed E-state index contributed by atoms with van der Waals surface area (Å²) in [6.07, 6.45) is 0. The Hall–Kier alpha value is -0.770. The summed E-state index contributed by atoms with van der Waals surface area (Å²) in [7, 11) is 0. The van der Waals surface area contributed by atoms with E-state index in [0.29, 0.717) is 20.3 Å². The van der Waals surface area contributed by atoms with Crippen LogP contribution in [-0.4, -0.2) is 0 Å². The molecule has 0 spiro atoms. The van der Waals surface area contributed by atoms with Crippen LogP contribution in [-0.2, 0) is 6.61 Å². The summed E-state index contributed by atoms with van der Waals surface area (Å²) in [5.74, 6) is 0.0643. The van der Waals surface area contributed by atoms with Gasteiger partial charge in [0.2, 0.25) is 0 Å². The van der Waals surface area contributed by atoms with E-state index in [0.717, 1.165) is 5.56 Å². The molecule has 0 atom stereocenters. The predicted octanol–water partition coefficient (Wildman–Crippen LogP) is 5.47. The SMILES string of the molecule is Fc1cc(Br)cc(OCc2cccc(Cl)c2Cl)c1. The van der Waals surface area contributed by atoms with Crippen molar-refractivity contribution in [3.05, 3.63) is 62.3 Å². The summed E-state index contributed by atoms with van der Waals surface area (Å²) in [5, 5.41) is 0.924. The Morgan fingerprint density at radius 2 is 1.94 bits per heavy atom. The Kier molecular flexibility index (Phi) is 4.49. The second-order valence-corrected chi connectivity index (χ2v) is 5.31. The van der Waals surface area contributed by atoms with Crippen LogP contribution in [0, 0.1) is 5.82 Å². The fourth-order valence-corrected chi connectivity index (χ4v) is 2.25. The molecule has 0 aromatic heterocycles. The lowest BCUT2D eigenvalue weighted by Gasteiger charge is -2.09. The molecule has 0 N–H and O–H groups in total. The van der Waals surface area contributed by atoms with Gasteiger partial charge in [0.15, 0.2) is 0 Å². The Morgan fingerprint density at radius 1 is 1.17 bits per heavy atom. The molecule has 0 radical (unpaired) electrons. The third-order valence-corrected chi connectivity index (χ3v) is 3.58. The predicted molar refractivity (Wildman–Crippen MR) is 74.9 cm³/mol. The van der Waals surface area contributed by atoms with Crippen molar-refractivity contribution in [2.45, 2.75) is 6.61 Å². The maximum Gasteiger partial charge on any atom is 0.128 e. The van der Waals surface area contributed by atoms with Crippen molar-refractivity contribution in [3.63, 3.8) is 0 Å². The van der Waals surface area contributed by atoms with Gasteiger partial charge >= 0.3 is 0 Å². The van der Waals surface area contributed by atoms with Gasteiger partial charge in [-0.3, -0.25) is 0 Å². The molecular weight excluding hydrogens is 342 g/mol. The van der Waals surface area contributed by atoms with E-state index in [2.05, 4.69) is 15.9 Å². The van der Waals surface area contributed by atoms with Crippen molar-refractivity contribution < 1.29 is 9.13 Å². The smallest absolute Gasteiger partial charge is 0.128 e. The minimum absolute atomic E-state index is 0.231. The lowest BCUT2D eigenvalue weighted by atomic mass is 10.2. The van der Waals surface area contributed by atoms with Gasteiger partial charge in [0.05, 0.1) is 10.0 Å². The molecule has 18 heavy (non-hydrogen) atoms. The fraction of sp³-hybridized carbons (Fsp3) is 0.0769. The summed E-state index contributed by atoms with van der Waals surface area (Å²) in [6, 6.07) is 9.65. The van der Waals surface area contributed by atoms with E-state index in [1.807, 2.05) is 6.07 Å². The van der Waals surface area contributed by atoms with Crippen LogP contribution in [0.5, 0.6) is 5.75 Å². The average molecular weight is 350 g/mol. The van der Waals surface area contributed by atoms with Crippen molar-refractivity contribution in [1.82, 2.24) is 0 Å². The second-order valence-electron chi connectivity index (χ2n) is 3.61. The molecule has 2 aromatic rings. The highest BCUT2D eigenvalue weighted by atomic mass is 79.9. The molecule has 5 heteroatoms.